The Morgan fingerprint density at radius 1 is 1.30 bits per heavy atom. The zero-order valence-corrected chi connectivity index (χ0v) is 13.2. The van der Waals surface area contributed by atoms with Gasteiger partial charge in [0.05, 0.1) is 11.6 Å². The van der Waals surface area contributed by atoms with Gasteiger partial charge >= 0.3 is 0 Å². The Morgan fingerprint density at radius 2 is 2.13 bits per heavy atom. The number of amides is 2. The molecule has 1 atom stereocenters. The molecule has 0 aliphatic carbocycles. The molecule has 7 nitrogen and oxygen atoms in total. The van der Waals surface area contributed by atoms with Gasteiger partial charge in [-0.05, 0) is 25.5 Å². The minimum Gasteiger partial charge on any atom is -0.336 e. The fourth-order valence-electron chi connectivity index (χ4n) is 2.71. The molecule has 23 heavy (non-hydrogen) atoms. The van der Waals surface area contributed by atoms with Crippen molar-refractivity contribution in [1.29, 1.82) is 0 Å². The minimum absolute atomic E-state index is 0.00533. The summed E-state index contributed by atoms with van der Waals surface area (Å²) in [4.78, 5) is 29.5. The van der Waals surface area contributed by atoms with Gasteiger partial charge in [-0.1, -0.05) is 0 Å². The summed E-state index contributed by atoms with van der Waals surface area (Å²) in [5.74, 6) is 0.379. The van der Waals surface area contributed by atoms with Crippen LogP contribution in [0.1, 0.15) is 35.4 Å². The predicted octanol–water partition coefficient (Wildman–Crippen LogP) is 1.63. The standard InChI is InChI=1S/C16H19N5O2/c1-11-3-4-13(9-17-11)16(23)20-7-5-14(10-20)21-8-6-15(19-21)18-12(2)22/h3-4,6,8-9,14H,5,7,10H2,1-2H3,(H,18,19,22)/t14-/m1/s1. The molecule has 0 radical (unpaired) electrons. The molecule has 1 saturated heterocycles. The Labute approximate surface area is 134 Å². The summed E-state index contributed by atoms with van der Waals surface area (Å²) in [5, 5.41) is 7.00. The highest BCUT2D eigenvalue weighted by atomic mass is 16.2. The van der Waals surface area contributed by atoms with E-state index in [1.807, 2.05) is 28.8 Å². The van der Waals surface area contributed by atoms with Crippen LogP contribution in [0.25, 0.3) is 0 Å². The van der Waals surface area contributed by atoms with Crippen molar-refractivity contribution < 1.29 is 9.59 Å². The molecule has 7 heteroatoms. The van der Waals surface area contributed by atoms with Gasteiger partial charge in [0.15, 0.2) is 5.82 Å². The molecule has 1 N–H and O–H groups in total. The summed E-state index contributed by atoms with van der Waals surface area (Å²) in [6.07, 6.45) is 4.29. The highest BCUT2D eigenvalue weighted by molar-refractivity contribution is 5.94. The molecule has 2 aromatic rings. The van der Waals surface area contributed by atoms with Crippen LogP contribution < -0.4 is 5.32 Å². The van der Waals surface area contributed by atoms with Crippen molar-refractivity contribution in [1.82, 2.24) is 19.7 Å². The van der Waals surface area contributed by atoms with E-state index in [9.17, 15) is 9.59 Å². The largest absolute Gasteiger partial charge is 0.336 e. The number of hydrogen-bond acceptors (Lipinski definition) is 4. The number of likely N-dealkylation sites (tertiary alicyclic amines) is 1. The quantitative estimate of drug-likeness (QED) is 0.934. The molecular formula is C16H19N5O2. The third-order valence-electron chi connectivity index (χ3n) is 3.90. The van der Waals surface area contributed by atoms with Gasteiger partial charge in [0, 0.05) is 44.2 Å². The average Bonchev–Trinajstić information content (AvgIpc) is 3.15. The van der Waals surface area contributed by atoms with Gasteiger partial charge in [-0.25, -0.2) is 0 Å². The van der Waals surface area contributed by atoms with Crippen LogP contribution in [0.5, 0.6) is 0 Å². The van der Waals surface area contributed by atoms with Gasteiger partial charge in [-0.2, -0.15) is 5.10 Å². The molecule has 0 saturated carbocycles. The van der Waals surface area contributed by atoms with E-state index in [1.165, 1.54) is 6.92 Å². The molecule has 1 fully saturated rings. The highest BCUT2D eigenvalue weighted by Crippen LogP contribution is 2.23. The fraction of sp³-hybridized carbons (Fsp3) is 0.375. The third kappa shape index (κ3) is 3.39. The molecule has 3 rings (SSSR count). The Balaban J connectivity index is 1.66. The second-order valence-electron chi connectivity index (χ2n) is 5.74. The number of aromatic nitrogens is 3. The zero-order valence-electron chi connectivity index (χ0n) is 13.2. The molecule has 0 spiro atoms. The second-order valence-corrected chi connectivity index (χ2v) is 5.74. The van der Waals surface area contributed by atoms with Crippen LogP contribution in [0.3, 0.4) is 0 Å². The van der Waals surface area contributed by atoms with Crippen molar-refractivity contribution in [3.63, 3.8) is 0 Å². The van der Waals surface area contributed by atoms with Gasteiger partial charge < -0.3 is 10.2 Å². The summed E-state index contributed by atoms with van der Waals surface area (Å²) in [5.41, 5.74) is 1.50. The Kier molecular flexibility index (Phi) is 4.10. The molecule has 120 valence electrons. The lowest BCUT2D eigenvalue weighted by Gasteiger charge is -2.16. The van der Waals surface area contributed by atoms with E-state index in [-0.39, 0.29) is 17.9 Å². The van der Waals surface area contributed by atoms with E-state index >= 15 is 0 Å². The molecule has 1 aliphatic rings. The van der Waals surface area contributed by atoms with Crippen molar-refractivity contribution in [3.8, 4) is 0 Å². The maximum Gasteiger partial charge on any atom is 0.255 e. The van der Waals surface area contributed by atoms with Crippen LogP contribution in [0.2, 0.25) is 0 Å². The summed E-state index contributed by atoms with van der Waals surface area (Å²) in [7, 11) is 0. The maximum atomic E-state index is 12.5. The molecule has 0 aromatic carbocycles. The van der Waals surface area contributed by atoms with Gasteiger partial charge in [0.25, 0.3) is 5.91 Å². The average molecular weight is 313 g/mol. The summed E-state index contributed by atoms with van der Waals surface area (Å²) in [6.45, 7) is 4.63. The van der Waals surface area contributed by atoms with Gasteiger partial charge in [-0.3, -0.25) is 19.3 Å². The molecule has 2 aromatic heterocycles. The first-order valence-corrected chi connectivity index (χ1v) is 7.57. The number of rotatable bonds is 3. The van der Waals surface area contributed by atoms with E-state index < -0.39 is 0 Å². The predicted molar refractivity (Wildman–Crippen MR) is 85.1 cm³/mol. The first-order valence-electron chi connectivity index (χ1n) is 7.57. The number of aryl methyl sites for hydroxylation is 1. The smallest absolute Gasteiger partial charge is 0.255 e. The number of pyridine rings is 1. The maximum absolute atomic E-state index is 12.5. The Hall–Kier alpha value is -2.70. The molecule has 1 aliphatic heterocycles. The third-order valence-corrected chi connectivity index (χ3v) is 3.90. The van der Waals surface area contributed by atoms with Crippen molar-refractivity contribution in [2.75, 3.05) is 18.4 Å². The van der Waals surface area contributed by atoms with Crippen LogP contribution in [0, 0.1) is 6.92 Å². The van der Waals surface area contributed by atoms with Gasteiger partial charge in [-0.15, -0.1) is 0 Å². The Morgan fingerprint density at radius 3 is 2.83 bits per heavy atom. The van der Waals surface area contributed by atoms with Gasteiger partial charge in [0.2, 0.25) is 5.91 Å². The lowest BCUT2D eigenvalue weighted by Crippen LogP contribution is -2.29. The zero-order chi connectivity index (χ0) is 16.4. The lowest BCUT2D eigenvalue weighted by atomic mass is 10.2. The first-order chi connectivity index (χ1) is 11.0. The van der Waals surface area contributed by atoms with E-state index in [0.29, 0.717) is 24.5 Å². The number of carbonyl (C=O) groups excluding carboxylic acids is 2. The van der Waals surface area contributed by atoms with Crippen molar-refractivity contribution in [3.05, 3.63) is 41.9 Å². The van der Waals surface area contributed by atoms with Crippen molar-refractivity contribution >= 4 is 17.6 Å². The number of hydrogen-bond donors (Lipinski definition) is 1. The Bertz CT molecular complexity index is 722. The lowest BCUT2D eigenvalue weighted by molar-refractivity contribution is -0.114. The first kappa shape index (κ1) is 15.2. The summed E-state index contributed by atoms with van der Waals surface area (Å²) in [6, 6.07) is 5.53. The molecule has 0 unspecified atom stereocenters. The van der Waals surface area contributed by atoms with E-state index in [4.69, 9.17) is 0 Å². The van der Waals surface area contributed by atoms with E-state index in [2.05, 4.69) is 15.4 Å². The molecule has 2 amide bonds. The van der Waals surface area contributed by atoms with Crippen molar-refractivity contribution in [2.45, 2.75) is 26.3 Å². The highest BCUT2D eigenvalue weighted by Gasteiger charge is 2.28. The van der Waals surface area contributed by atoms with E-state index in [0.717, 1.165) is 12.1 Å². The van der Waals surface area contributed by atoms with E-state index in [1.54, 1.807) is 18.3 Å². The number of anilines is 1. The normalized spacial score (nSPS) is 17.3. The second kappa shape index (κ2) is 6.20. The van der Waals surface area contributed by atoms with Crippen LogP contribution in [-0.2, 0) is 4.79 Å². The molecular weight excluding hydrogens is 294 g/mol. The van der Waals surface area contributed by atoms with Crippen LogP contribution >= 0.6 is 0 Å². The van der Waals surface area contributed by atoms with Crippen LogP contribution in [0.4, 0.5) is 5.82 Å². The topological polar surface area (TPSA) is 80.1 Å². The molecule has 3 heterocycles. The fourth-order valence-corrected chi connectivity index (χ4v) is 2.71. The number of nitrogens with zero attached hydrogens (tertiary/aromatic N) is 4. The van der Waals surface area contributed by atoms with Gasteiger partial charge in [0.1, 0.15) is 0 Å². The monoisotopic (exact) mass is 313 g/mol. The summed E-state index contributed by atoms with van der Waals surface area (Å²) >= 11 is 0. The molecule has 0 bridgehead atoms. The van der Waals surface area contributed by atoms with Crippen LogP contribution in [0.15, 0.2) is 30.6 Å². The van der Waals surface area contributed by atoms with Crippen molar-refractivity contribution in [2.24, 2.45) is 0 Å². The number of nitrogens with one attached hydrogen (secondary N) is 1. The minimum atomic E-state index is -0.148. The summed E-state index contributed by atoms with van der Waals surface area (Å²) < 4.78 is 1.81. The van der Waals surface area contributed by atoms with Crippen LogP contribution in [-0.4, -0.2) is 44.6 Å². The number of carbonyl (C=O) groups is 2. The SMILES string of the molecule is CC(=O)Nc1ccn([C@@H]2CCN(C(=O)c3ccc(C)nc3)C2)n1.